The maximum absolute atomic E-state index is 13.0. The fourth-order valence-corrected chi connectivity index (χ4v) is 4.10. The first-order valence-electron chi connectivity index (χ1n) is 8.68. The Morgan fingerprint density at radius 3 is 2.58 bits per heavy atom. The smallest absolute Gasteiger partial charge is 0.410 e. The molecule has 3 fully saturated rings. The quantitative estimate of drug-likeness (QED) is 0.782. The van der Waals surface area contributed by atoms with Crippen LogP contribution in [0.25, 0.3) is 0 Å². The number of hydrogen-bond acceptors (Lipinski definition) is 5. The van der Waals surface area contributed by atoms with Gasteiger partial charge in [0.1, 0.15) is 12.1 Å². The third-order valence-electron chi connectivity index (χ3n) is 5.68. The highest BCUT2D eigenvalue weighted by molar-refractivity contribution is 5.85. The maximum Gasteiger partial charge on any atom is 0.410 e. The number of aliphatic hydroxyl groups excluding tert-OH is 1. The van der Waals surface area contributed by atoms with E-state index in [0.717, 1.165) is 5.56 Å². The van der Waals surface area contributed by atoms with Crippen molar-refractivity contribution < 1.29 is 19.4 Å². The van der Waals surface area contributed by atoms with Gasteiger partial charge in [-0.1, -0.05) is 30.3 Å². The van der Waals surface area contributed by atoms with E-state index in [1.165, 1.54) is 0 Å². The van der Waals surface area contributed by atoms with Crippen molar-refractivity contribution in [1.82, 2.24) is 15.1 Å². The van der Waals surface area contributed by atoms with Gasteiger partial charge in [0.15, 0.2) is 0 Å². The molecule has 4 rings (SSSR count). The second-order valence-corrected chi connectivity index (χ2v) is 7.36. The van der Waals surface area contributed by atoms with Crippen LogP contribution in [-0.2, 0) is 16.0 Å². The minimum Gasteiger partial charge on any atom is -0.447 e. The summed E-state index contributed by atoms with van der Waals surface area (Å²) >= 11 is 0. The highest BCUT2D eigenvalue weighted by atomic mass is 35.5. The standard InChI is InChI=1S/C18H23N3O4.ClH/c22-12-17(9-19-10-17)15(23)20-6-7-21-16(24)25-13-18(21,11-20)8-14-4-2-1-3-5-14;/h1-5,19,22H,6-13H2;1H. The first-order valence-corrected chi connectivity index (χ1v) is 8.68. The van der Waals surface area contributed by atoms with E-state index in [2.05, 4.69) is 5.32 Å². The second kappa shape index (κ2) is 7.06. The monoisotopic (exact) mass is 381 g/mol. The number of hydrogen-bond donors (Lipinski definition) is 2. The molecule has 26 heavy (non-hydrogen) atoms. The number of cyclic esters (lactones) is 1. The van der Waals surface area contributed by atoms with Gasteiger partial charge in [0, 0.05) is 39.1 Å². The summed E-state index contributed by atoms with van der Waals surface area (Å²) in [6.45, 7) is 2.52. The summed E-state index contributed by atoms with van der Waals surface area (Å²) in [6.07, 6.45) is 0.346. The summed E-state index contributed by atoms with van der Waals surface area (Å²) in [7, 11) is 0. The number of benzene rings is 1. The van der Waals surface area contributed by atoms with Crippen LogP contribution < -0.4 is 5.32 Å². The minimum atomic E-state index is -0.709. The Kier molecular flexibility index (Phi) is 5.14. The van der Waals surface area contributed by atoms with Crippen molar-refractivity contribution in [3.8, 4) is 0 Å². The van der Waals surface area contributed by atoms with Crippen molar-refractivity contribution in [2.24, 2.45) is 5.41 Å². The zero-order valence-electron chi connectivity index (χ0n) is 14.5. The van der Waals surface area contributed by atoms with Gasteiger partial charge in [0.25, 0.3) is 0 Å². The topological polar surface area (TPSA) is 82.1 Å². The first-order chi connectivity index (χ1) is 12.1. The minimum absolute atomic E-state index is 0. The number of carbonyl (C=O) groups excluding carboxylic acids is 2. The lowest BCUT2D eigenvalue weighted by atomic mass is 9.79. The van der Waals surface area contributed by atoms with Crippen LogP contribution in [0, 0.1) is 5.41 Å². The predicted octanol–water partition coefficient (Wildman–Crippen LogP) is 0.266. The molecule has 0 aliphatic carbocycles. The van der Waals surface area contributed by atoms with Crippen LogP contribution in [0.4, 0.5) is 4.79 Å². The zero-order valence-corrected chi connectivity index (χ0v) is 15.3. The molecule has 3 heterocycles. The average Bonchev–Trinajstić information content (AvgIpc) is 2.91. The Hall–Kier alpha value is -1.83. The Labute approximate surface area is 158 Å². The summed E-state index contributed by atoms with van der Waals surface area (Å²) in [6, 6.07) is 9.96. The number of rotatable bonds is 4. The SMILES string of the molecule is Cl.O=C1OCC2(Cc3ccccc3)CN(C(=O)C3(CO)CNC3)CCN12. The maximum atomic E-state index is 13.0. The number of nitrogens with one attached hydrogen (secondary N) is 1. The molecule has 0 radical (unpaired) electrons. The van der Waals surface area contributed by atoms with E-state index in [4.69, 9.17) is 4.74 Å². The summed E-state index contributed by atoms with van der Waals surface area (Å²) in [4.78, 5) is 28.7. The van der Waals surface area contributed by atoms with Gasteiger partial charge in [0.2, 0.25) is 5.91 Å². The number of fused-ring (bicyclic) bond motifs is 1. The summed E-state index contributed by atoms with van der Waals surface area (Å²) < 4.78 is 5.34. The van der Waals surface area contributed by atoms with Crippen LogP contribution in [0.3, 0.4) is 0 Å². The number of amides is 2. The van der Waals surface area contributed by atoms with Gasteiger partial charge in [-0.05, 0) is 5.56 Å². The summed E-state index contributed by atoms with van der Waals surface area (Å²) in [5.41, 5.74) is -0.123. The molecule has 0 spiro atoms. The van der Waals surface area contributed by atoms with E-state index in [0.29, 0.717) is 39.1 Å². The molecule has 0 saturated carbocycles. The van der Waals surface area contributed by atoms with Crippen LogP contribution in [0.2, 0.25) is 0 Å². The molecule has 3 saturated heterocycles. The Balaban J connectivity index is 0.00000196. The molecule has 1 aromatic carbocycles. The third-order valence-corrected chi connectivity index (χ3v) is 5.68. The summed E-state index contributed by atoms with van der Waals surface area (Å²) in [5.74, 6) is -0.0276. The van der Waals surface area contributed by atoms with Crippen molar-refractivity contribution >= 4 is 24.4 Å². The molecule has 1 atom stereocenters. The van der Waals surface area contributed by atoms with Crippen molar-refractivity contribution in [2.75, 3.05) is 45.9 Å². The number of nitrogens with zero attached hydrogens (tertiary/aromatic N) is 2. The largest absolute Gasteiger partial charge is 0.447 e. The molecule has 1 aromatic rings. The molecule has 0 bridgehead atoms. The van der Waals surface area contributed by atoms with Gasteiger partial charge in [0.05, 0.1) is 12.0 Å². The van der Waals surface area contributed by atoms with Crippen molar-refractivity contribution in [3.63, 3.8) is 0 Å². The average molecular weight is 382 g/mol. The Bertz CT molecular complexity index is 677. The Morgan fingerprint density at radius 1 is 1.23 bits per heavy atom. The summed E-state index contributed by atoms with van der Waals surface area (Å²) in [5, 5.41) is 12.8. The van der Waals surface area contributed by atoms with Gasteiger partial charge in [-0.15, -0.1) is 12.4 Å². The molecule has 1 unspecified atom stereocenters. The van der Waals surface area contributed by atoms with Gasteiger partial charge < -0.3 is 20.1 Å². The molecule has 142 valence electrons. The molecule has 0 aromatic heterocycles. The van der Waals surface area contributed by atoms with Gasteiger partial charge >= 0.3 is 6.09 Å². The van der Waals surface area contributed by atoms with Crippen molar-refractivity contribution in [1.29, 1.82) is 0 Å². The highest BCUT2D eigenvalue weighted by Gasteiger charge is 2.54. The zero-order chi connectivity index (χ0) is 17.5. The number of ether oxygens (including phenoxy) is 1. The Morgan fingerprint density at radius 2 is 1.96 bits per heavy atom. The molecular weight excluding hydrogens is 358 g/mol. The first kappa shape index (κ1) is 18.9. The van der Waals surface area contributed by atoms with Gasteiger partial charge in [-0.25, -0.2) is 4.79 Å². The molecule has 3 aliphatic rings. The number of carbonyl (C=O) groups is 2. The van der Waals surface area contributed by atoms with Crippen molar-refractivity contribution in [2.45, 2.75) is 12.0 Å². The van der Waals surface area contributed by atoms with Crippen LogP contribution in [0.15, 0.2) is 30.3 Å². The van der Waals surface area contributed by atoms with E-state index in [1.807, 2.05) is 30.3 Å². The number of piperazine rings is 1. The predicted molar refractivity (Wildman–Crippen MR) is 97.1 cm³/mol. The highest BCUT2D eigenvalue weighted by Crippen LogP contribution is 2.34. The van der Waals surface area contributed by atoms with Crippen molar-refractivity contribution in [3.05, 3.63) is 35.9 Å². The van der Waals surface area contributed by atoms with Crippen LogP contribution in [-0.4, -0.2) is 78.4 Å². The number of halogens is 1. The molecule has 8 heteroatoms. The van der Waals surface area contributed by atoms with Crippen LogP contribution >= 0.6 is 12.4 Å². The lowest BCUT2D eigenvalue weighted by Crippen LogP contribution is -2.69. The van der Waals surface area contributed by atoms with E-state index < -0.39 is 11.0 Å². The lowest BCUT2D eigenvalue weighted by Gasteiger charge is -2.49. The molecule has 2 N–H and O–H groups in total. The van der Waals surface area contributed by atoms with E-state index >= 15 is 0 Å². The molecule has 3 aliphatic heterocycles. The lowest BCUT2D eigenvalue weighted by molar-refractivity contribution is -0.152. The molecule has 2 amide bonds. The fraction of sp³-hybridized carbons (Fsp3) is 0.556. The number of aliphatic hydroxyl groups is 1. The van der Waals surface area contributed by atoms with E-state index in [9.17, 15) is 14.7 Å². The van der Waals surface area contributed by atoms with Crippen LogP contribution in [0.5, 0.6) is 0 Å². The molecular formula is C18H24ClN3O4. The van der Waals surface area contributed by atoms with E-state index in [-0.39, 0.29) is 37.6 Å². The third kappa shape index (κ3) is 2.94. The normalized spacial score (nSPS) is 26.4. The fourth-order valence-electron chi connectivity index (χ4n) is 4.10. The van der Waals surface area contributed by atoms with E-state index in [1.54, 1.807) is 9.80 Å². The second-order valence-electron chi connectivity index (χ2n) is 7.36. The van der Waals surface area contributed by atoms with Crippen LogP contribution in [0.1, 0.15) is 5.56 Å². The van der Waals surface area contributed by atoms with Gasteiger partial charge in [-0.3, -0.25) is 9.69 Å². The molecule has 7 nitrogen and oxygen atoms in total. The van der Waals surface area contributed by atoms with Gasteiger partial charge in [-0.2, -0.15) is 0 Å².